The normalized spacial score (nSPS) is 15.7. The first-order valence-electron chi connectivity index (χ1n) is 8.28. The Kier molecular flexibility index (Phi) is 5.86. The molecule has 2 rings (SSSR count). The zero-order valence-corrected chi connectivity index (χ0v) is 15.8. The first-order chi connectivity index (χ1) is 11.7. The molecule has 1 saturated heterocycles. The van der Waals surface area contributed by atoms with Crippen LogP contribution in [-0.2, 0) is 4.74 Å². The van der Waals surface area contributed by atoms with Gasteiger partial charge in [0.25, 0.3) is 0 Å². The van der Waals surface area contributed by atoms with Crippen LogP contribution >= 0.6 is 0 Å². The summed E-state index contributed by atoms with van der Waals surface area (Å²) in [7, 11) is 4.78. The number of ether oxygens (including phenoxy) is 3. The van der Waals surface area contributed by atoms with E-state index in [4.69, 9.17) is 14.2 Å². The lowest BCUT2D eigenvalue weighted by Crippen LogP contribution is -2.47. The predicted octanol–water partition coefficient (Wildman–Crippen LogP) is 1.72. The Morgan fingerprint density at radius 3 is 2.04 bits per heavy atom. The molecule has 0 saturated carbocycles. The third kappa shape index (κ3) is 5.07. The third-order valence-electron chi connectivity index (χ3n) is 3.92. The van der Waals surface area contributed by atoms with Gasteiger partial charge in [-0.2, -0.15) is 9.97 Å². The van der Waals surface area contributed by atoms with Crippen molar-refractivity contribution < 1.29 is 19.0 Å². The lowest BCUT2D eigenvalue weighted by molar-refractivity contribution is 0.0200. The monoisotopic (exact) mass is 353 g/mol. The Bertz CT molecular complexity index is 574. The molecule has 140 valence electrons. The molecule has 9 heteroatoms. The molecule has 0 atom stereocenters. The van der Waals surface area contributed by atoms with Crippen molar-refractivity contribution >= 4 is 12.0 Å². The molecule has 9 nitrogen and oxygen atoms in total. The SMILES string of the molecule is COc1nc(OC)nc(N2CCC(N(C)C(=O)OC(C)(C)C)CC2)n1. The molecule has 1 fully saturated rings. The minimum atomic E-state index is -0.496. The molecule has 1 aromatic heterocycles. The van der Waals surface area contributed by atoms with E-state index in [1.54, 1.807) is 11.9 Å². The molecule has 0 aliphatic carbocycles. The number of rotatable bonds is 4. The number of hydrogen-bond donors (Lipinski definition) is 0. The van der Waals surface area contributed by atoms with Crippen LogP contribution in [0.5, 0.6) is 12.0 Å². The highest BCUT2D eigenvalue weighted by Gasteiger charge is 2.29. The summed E-state index contributed by atoms with van der Waals surface area (Å²) in [6, 6.07) is 0.557. The van der Waals surface area contributed by atoms with Gasteiger partial charge in [0.05, 0.1) is 14.2 Å². The fraction of sp³-hybridized carbons (Fsp3) is 0.750. The van der Waals surface area contributed by atoms with E-state index in [0.717, 1.165) is 12.8 Å². The summed E-state index contributed by atoms with van der Waals surface area (Å²) in [5.74, 6) is 0.516. The van der Waals surface area contributed by atoms with Gasteiger partial charge in [-0.3, -0.25) is 0 Å². The van der Waals surface area contributed by atoms with E-state index in [1.165, 1.54) is 14.2 Å². The number of aromatic nitrogens is 3. The second kappa shape index (κ2) is 7.71. The van der Waals surface area contributed by atoms with Crippen molar-refractivity contribution in [2.75, 3.05) is 39.3 Å². The summed E-state index contributed by atoms with van der Waals surface area (Å²) in [6.07, 6.45) is 1.30. The van der Waals surface area contributed by atoms with E-state index in [-0.39, 0.29) is 24.2 Å². The van der Waals surface area contributed by atoms with Crippen molar-refractivity contribution in [1.82, 2.24) is 19.9 Å². The zero-order chi connectivity index (χ0) is 18.6. The Hall–Kier alpha value is -2.32. The van der Waals surface area contributed by atoms with Crippen LogP contribution in [0.2, 0.25) is 0 Å². The van der Waals surface area contributed by atoms with Gasteiger partial charge in [0.2, 0.25) is 5.95 Å². The Morgan fingerprint density at radius 1 is 1.08 bits per heavy atom. The topological polar surface area (TPSA) is 89.9 Å². The first kappa shape index (κ1) is 19.0. The maximum absolute atomic E-state index is 12.2. The summed E-state index contributed by atoms with van der Waals surface area (Å²) in [5, 5.41) is 0. The van der Waals surface area contributed by atoms with Crippen LogP contribution in [0.1, 0.15) is 33.6 Å². The molecule has 1 aliphatic heterocycles. The highest BCUT2D eigenvalue weighted by molar-refractivity contribution is 5.68. The van der Waals surface area contributed by atoms with Crippen molar-refractivity contribution in [2.45, 2.75) is 45.3 Å². The number of piperidine rings is 1. The van der Waals surface area contributed by atoms with Gasteiger partial charge >= 0.3 is 18.1 Å². The lowest BCUT2D eigenvalue weighted by Gasteiger charge is -2.37. The van der Waals surface area contributed by atoms with Gasteiger partial charge in [0.15, 0.2) is 0 Å². The standard InChI is InChI=1S/C16H27N5O4/c1-16(2,3)25-15(22)20(4)11-7-9-21(10-8-11)12-17-13(23-5)19-14(18-12)24-6/h11H,7-10H2,1-6H3. The third-order valence-corrected chi connectivity index (χ3v) is 3.92. The smallest absolute Gasteiger partial charge is 0.410 e. The van der Waals surface area contributed by atoms with Crippen molar-refractivity contribution in [1.29, 1.82) is 0 Å². The van der Waals surface area contributed by atoms with Crippen LogP contribution in [0.15, 0.2) is 0 Å². The average molecular weight is 353 g/mol. The number of amides is 1. The molecule has 0 unspecified atom stereocenters. The summed E-state index contributed by atoms with van der Waals surface area (Å²) < 4.78 is 15.6. The van der Waals surface area contributed by atoms with Gasteiger partial charge in [-0.25, -0.2) is 4.79 Å². The molecule has 0 spiro atoms. The number of nitrogens with zero attached hydrogens (tertiary/aromatic N) is 5. The molecular formula is C16H27N5O4. The van der Waals surface area contributed by atoms with E-state index in [1.807, 2.05) is 25.7 Å². The number of hydrogen-bond acceptors (Lipinski definition) is 8. The highest BCUT2D eigenvalue weighted by atomic mass is 16.6. The second-order valence-electron chi connectivity index (χ2n) is 6.92. The van der Waals surface area contributed by atoms with Crippen LogP contribution in [0.3, 0.4) is 0 Å². The van der Waals surface area contributed by atoms with E-state index in [2.05, 4.69) is 15.0 Å². The van der Waals surface area contributed by atoms with Crippen LogP contribution in [0.4, 0.5) is 10.7 Å². The van der Waals surface area contributed by atoms with Crippen LogP contribution in [-0.4, -0.2) is 71.9 Å². The van der Waals surface area contributed by atoms with E-state index in [9.17, 15) is 4.79 Å². The fourth-order valence-corrected chi connectivity index (χ4v) is 2.59. The van der Waals surface area contributed by atoms with Crippen molar-refractivity contribution in [3.05, 3.63) is 0 Å². The van der Waals surface area contributed by atoms with Gasteiger partial charge in [-0.1, -0.05) is 0 Å². The number of carbonyl (C=O) groups excluding carboxylic acids is 1. The maximum Gasteiger partial charge on any atom is 0.410 e. The summed E-state index contributed by atoms with van der Waals surface area (Å²) in [5.41, 5.74) is -0.496. The van der Waals surface area contributed by atoms with Crippen molar-refractivity contribution in [3.63, 3.8) is 0 Å². The van der Waals surface area contributed by atoms with Gasteiger partial charge < -0.3 is 24.0 Å². The highest BCUT2D eigenvalue weighted by Crippen LogP contribution is 2.23. The summed E-state index contributed by atoms with van der Waals surface area (Å²) in [6.45, 7) is 7.02. The first-order valence-corrected chi connectivity index (χ1v) is 8.28. The lowest BCUT2D eigenvalue weighted by atomic mass is 10.0. The van der Waals surface area contributed by atoms with Gasteiger partial charge in [-0.05, 0) is 33.6 Å². The predicted molar refractivity (Wildman–Crippen MR) is 92.2 cm³/mol. The van der Waals surface area contributed by atoms with E-state index >= 15 is 0 Å². The average Bonchev–Trinajstić information content (AvgIpc) is 2.59. The minimum absolute atomic E-state index is 0.122. The largest absolute Gasteiger partial charge is 0.467 e. The molecule has 2 heterocycles. The molecule has 0 bridgehead atoms. The Balaban J connectivity index is 1.98. The number of anilines is 1. The van der Waals surface area contributed by atoms with Crippen LogP contribution in [0.25, 0.3) is 0 Å². The molecular weight excluding hydrogens is 326 g/mol. The summed E-state index contributed by atoms with van der Waals surface area (Å²) in [4.78, 5) is 28.5. The molecule has 25 heavy (non-hydrogen) atoms. The Morgan fingerprint density at radius 2 is 1.60 bits per heavy atom. The fourth-order valence-electron chi connectivity index (χ4n) is 2.59. The molecule has 1 amide bonds. The second-order valence-corrected chi connectivity index (χ2v) is 6.92. The molecule has 0 aromatic carbocycles. The zero-order valence-electron chi connectivity index (χ0n) is 15.8. The number of methoxy groups -OCH3 is 2. The van der Waals surface area contributed by atoms with Crippen LogP contribution < -0.4 is 14.4 Å². The minimum Gasteiger partial charge on any atom is -0.467 e. The van der Waals surface area contributed by atoms with Crippen molar-refractivity contribution in [2.24, 2.45) is 0 Å². The van der Waals surface area contributed by atoms with Crippen molar-refractivity contribution in [3.8, 4) is 12.0 Å². The van der Waals surface area contributed by atoms with Gasteiger partial charge in [-0.15, -0.1) is 4.98 Å². The quantitative estimate of drug-likeness (QED) is 0.808. The van der Waals surface area contributed by atoms with Crippen LogP contribution in [0, 0.1) is 0 Å². The maximum atomic E-state index is 12.2. The molecule has 0 N–H and O–H groups in total. The van der Waals surface area contributed by atoms with Gasteiger partial charge in [0.1, 0.15) is 5.60 Å². The molecule has 1 aliphatic rings. The number of carbonyl (C=O) groups is 1. The van der Waals surface area contributed by atoms with E-state index in [0.29, 0.717) is 19.0 Å². The summed E-state index contributed by atoms with van der Waals surface area (Å²) >= 11 is 0. The molecule has 1 aromatic rings. The van der Waals surface area contributed by atoms with E-state index < -0.39 is 5.60 Å². The molecule has 0 radical (unpaired) electrons. The van der Waals surface area contributed by atoms with Gasteiger partial charge in [0, 0.05) is 26.2 Å². The Labute approximate surface area is 148 Å².